The molecule has 2 amide bonds. The van der Waals surface area contributed by atoms with Gasteiger partial charge in [-0.25, -0.2) is 8.78 Å². The fraction of sp³-hybridized carbons (Fsp3) is 0.167. The minimum absolute atomic E-state index is 0.00354. The highest BCUT2D eigenvalue weighted by molar-refractivity contribution is 6.32. The number of hydrogen-bond acceptors (Lipinski definition) is 3. The lowest BCUT2D eigenvalue weighted by Crippen LogP contribution is -2.22. The molecule has 4 rings (SSSR count). The molecule has 3 aromatic carbocycles. The Kier molecular flexibility index (Phi) is 6.42. The molecule has 0 aromatic heterocycles. The first-order valence-electron chi connectivity index (χ1n) is 10.2. The van der Waals surface area contributed by atoms with Gasteiger partial charge in [0.05, 0.1) is 22.8 Å². The number of halogens is 6. The van der Waals surface area contributed by atoms with E-state index in [2.05, 4.69) is 5.32 Å². The maximum absolute atomic E-state index is 14.3. The summed E-state index contributed by atoms with van der Waals surface area (Å²) in [6.45, 7) is 0.00354. The molecule has 3 N–H and O–H groups in total. The molecular formula is C24H16ClF5N2O3. The van der Waals surface area contributed by atoms with E-state index in [1.807, 2.05) is 0 Å². The Bertz CT molecular complexity index is 1340. The predicted molar refractivity (Wildman–Crippen MR) is 118 cm³/mol. The summed E-state index contributed by atoms with van der Waals surface area (Å²) >= 11 is 5.89. The fourth-order valence-corrected chi connectivity index (χ4v) is 4.26. The van der Waals surface area contributed by atoms with Crippen molar-refractivity contribution in [1.82, 2.24) is 0 Å². The molecule has 0 fully saturated rings. The normalized spacial score (nSPS) is 15.2. The van der Waals surface area contributed by atoms with Gasteiger partial charge in [0.1, 0.15) is 5.82 Å². The zero-order valence-corrected chi connectivity index (χ0v) is 18.4. The summed E-state index contributed by atoms with van der Waals surface area (Å²) in [4.78, 5) is 24.6. The van der Waals surface area contributed by atoms with Crippen molar-refractivity contribution in [3.63, 3.8) is 0 Å². The first kappa shape index (κ1) is 24.5. The summed E-state index contributed by atoms with van der Waals surface area (Å²) in [5.41, 5.74) is 3.47. The van der Waals surface area contributed by atoms with E-state index in [0.29, 0.717) is 0 Å². The van der Waals surface area contributed by atoms with Crippen LogP contribution in [0.5, 0.6) is 5.75 Å². The average Bonchev–Trinajstić information content (AvgIpc) is 2.79. The lowest BCUT2D eigenvalue weighted by atomic mass is 9.83. The molecule has 5 nitrogen and oxygen atoms in total. The Morgan fingerprint density at radius 3 is 2.43 bits per heavy atom. The number of primary amides is 1. The van der Waals surface area contributed by atoms with E-state index in [-0.39, 0.29) is 41.2 Å². The topological polar surface area (TPSA) is 81.4 Å². The van der Waals surface area contributed by atoms with Crippen LogP contribution in [0.2, 0.25) is 5.02 Å². The van der Waals surface area contributed by atoms with E-state index in [9.17, 15) is 31.5 Å². The second-order valence-electron chi connectivity index (χ2n) is 7.78. The summed E-state index contributed by atoms with van der Waals surface area (Å²) in [5, 5.41) is 1.71. The number of ether oxygens (including phenoxy) is 1. The van der Waals surface area contributed by atoms with Crippen LogP contribution in [0.25, 0.3) is 0 Å². The van der Waals surface area contributed by atoms with Gasteiger partial charge in [0.15, 0.2) is 11.6 Å². The van der Waals surface area contributed by atoms with E-state index in [0.717, 1.165) is 36.4 Å². The number of nitrogens with two attached hydrogens (primary N) is 1. The molecule has 1 aliphatic rings. The predicted octanol–water partition coefficient (Wildman–Crippen LogP) is 5.90. The number of benzene rings is 3. The zero-order valence-electron chi connectivity index (χ0n) is 17.7. The SMILES string of the molecule is NC(=O)c1cc(NC(=O)c2cc(Cl)c(C(F)(F)F)cc2C2CCOc3c(F)cccc32)ccc1F. The Hall–Kier alpha value is -3.66. The molecule has 11 heteroatoms. The summed E-state index contributed by atoms with van der Waals surface area (Å²) in [5.74, 6) is -4.46. The number of amides is 2. The first-order chi connectivity index (χ1) is 16.5. The number of anilines is 1. The maximum Gasteiger partial charge on any atom is 0.417 e. The molecule has 35 heavy (non-hydrogen) atoms. The van der Waals surface area contributed by atoms with Gasteiger partial charge in [-0.3, -0.25) is 9.59 Å². The molecule has 0 radical (unpaired) electrons. The number of carbonyl (C=O) groups excluding carboxylic acids is 2. The number of alkyl halides is 3. The third kappa shape index (κ3) is 4.79. The Balaban J connectivity index is 1.83. The number of carbonyl (C=O) groups is 2. The quantitative estimate of drug-likeness (QED) is 0.429. The van der Waals surface area contributed by atoms with Gasteiger partial charge in [0.25, 0.3) is 11.8 Å². The summed E-state index contributed by atoms with van der Waals surface area (Å²) in [6.07, 6.45) is -4.65. The highest BCUT2D eigenvalue weighted by Gasteiger charge is 2.37. The molecule has 3 aromatic rings. The summed E-state index contributed by atoms with van der Waals surface area (Å²) in [6, 6.07) is 8.76. The minimum Gasteiger partial charge on any atom is -0.490 e. The second-order valence-corrected chi connectivity index (χ2v) is 8.19. The van der Waals surface area contributed by atoms with Crippen molar-refractivity contribution >= 4 is 29.1 Å². The molecule has 1 aliphatic heterocycles. The van der Waals surface area contributed by atoms with Gasteiger partial charge in [0.2, 0.25) is 0 Å². The summed E-state index contributed by atoms with van der Waals surface area (Å²) < 4.78 is 74.4. The number of nitrogens with one attached hydrogen (secondary N) is 1. The van der Waals surface area contributed by atoms with Crippen molar-refractivity contribution < 1.29 is 36.3 Å². The van der Waals surface area contributed by atoms with Crippen molar-refractivity contribution in [3.8, 4) is 5.75 Å². The van der Waals surface area contributed by atoms with Crippen LogP contribution in [-0.4, -0.2) is 18.4 Å². The number of rotatable bonds is 4. The van der Waals surface area contributed by atoms with E-state index in [1.165, 1.54) is 12.1 Å². The van der Waals surface area contributed by atoms with Crippen molar-refractivity contribution in [1.29, 1.82) is 0 Å². The second kappa shape index (κ2) is 9.18. The highest BCUT2D eigenvalue weighted by atomic mass is 35.5. The number of fused-ring (bicyclic) bond motifs is 1. The van der Waals surface area contributed by atoms with Crippen molar-refractivity contribution in [2.75, 3.05) is 11.9 Å². The van der Waals surface area contributed by atoms with Gasteiger partial charge in [0, 0.05) is 22.7 Å². The van der Waals surface area contributed by atoms with Gasteiger partial charge in [-0.2, -0.15) is 13.2 Å². The smallest absolute Gasteiger partial charge is 0.417 e. The minimum atomic E-state index is -4.82. The Morgan fingerprint density at radius 1 is 1.00 bits per heavy atom. The Morgan fingerprint density at radius 2 is 1.74 bits per heavy atom. The van der Waals surface area contributed by atoms with Crippen LogP contribution >= 0.6 is 11.6 Å². The number of hydrogen-bond donors (Lipinski definition) is 2. The van der Waals surface area contributed by atoms with Crippen molar-refractivity contribution in [2.45, 2.75) is 18.5 Å². The zero-order chi connectivity index (χ0) is 25.5. The third-order valence-corrected chi connectivity index (χ3v) is 5.89. The molecule has 1 heterocycles. The van der Waals surface area contributed by atoms with Crippen molar-refractivity contribution in [2.24, 2.45) is 5.73 Å². The lowest BCUT2D eigenvalue weighted by molar-refractivity contribution is -0.137. The van der Waals surface area contributed by atoms with Crippen LogP contribution in [0.15, 0.2) is 48.5 Å². The van der Waals surface area contributed by atoms with Crippen LogP contribution in [0.4, 0.5) is 27.6 Å². The molecule has 0 bridgehead atoms. The van der Waals surface area contributed by atoms with Gasteiger partial charge in [-0.1, -0.05) is 23.7 Å². The molecule has 0 spiro atoms. The molecule has 1 atom stereocenters. The molecule has 0 saturated carbocycles. The van der Waals surface area contributed by atoms with Crippen molar-refractivity contribution in [3.05, 3.63) is 93.0 Å². The van der Waals surface area contributed by atoms with Gasteiger partial charge in [-0.05, 0) is 48.4 Å². The van der Waals surface area contributed by atoms with Gasteiger partial charge in [-0.15, -0.1) is 0 Å². The van der Waals surface area contributed by atoms with E-state index < -0.39 is 51.7 Å². The Labute approximate surface area is 200 Å². The first-order valence-corrected chi connectivity index (χ1v) is 10.6. The van der Waals surface area contributed by atoms with E-state index >= 15 is 0 Å². The average molecular weight is 511 g/mol. The molecule has 182 valence electrons. The highest BCUT2D eigenvalue weighted by Crippen LogP contribution is 2.44. The molecule has 0 saturated heterocycles. The van der Waals surface area contributed by atoms with Crippen LogP contribution in [0.3, 0.4) is 0 Å². The van der Waals surface area contributed by atoms with Crippen LogP contribution in [0.1, 0.15) is 49.7 Å². The summed E-state index contributed by atoms with van der Waals surface area (Å²) in [7, 11) is 0. The fourth-order valence-electron chi connectivity index (χ4n) is 3.99. The van der Waals surface area contributed by atoms with E-state index in [4.69, 9.17) is 22.1 Å². The standard InChI is InChI=1S/C24H16ClF5N2O3/c25-18-10-15(23(34)32-11-4-5-19(26)16(8-11)22(31)33)14(9-17(18)24(28,29)30)12-6-7-35-21-13(12)2-1-3-20(21)27/h1-5,8-10,12H,6-7H2,(H2,31,33)(H,32,34). The van der Waals surface area contributed by atoms with Crippen LogP contribution < -0.4 is 15.8 Å². The van der Waals surface area contributed by atoms with E-state index in [1.54, 1.807) is 0 Å². The third-order valence-electron chi connectivity index (χ3n) is 5.58. The molecular weight excluding hydrogens is 495 g/mol. The maximum atomic E-state index is 14.3. The van der Waals surface area contributed by atoms with Crippen LogP contribution in [0, 0.1) is 11.6 Å². The molecule has 0 aliphatic carbocycles. The monoisotopic (exact) mass is 510 g/mol. The van der Waals surface area contributed by atoms with Gasteiger partial charge >= 0.3 is 6.18 Å². The number of para-hydroxylation sites is 1. The van der Waals surface area contributed by atoms with Crippen LogP contribution in [-0.2, 0) is 6.18 Å². The lowest BCUT2D eigenvalue weighted by Gasteiger charge is -2.28. The molecule has 1 unspecified atom stereocenters. The van der Waals surface area contributed by atoms with Gasteiger partial charge < -0.3 is 15.8 Å². The largest absolute Gasteiger partial charge is 0.490 e.